The van der Waals surface area contributed by atoms with Crippen molar-refractivity contribution in [1.82, 2.24) is 14.9 Å². The standard InChI is InChI=1S/C14H18BrN3O/c1-9(2)18-12-4-3-10(15)7-11(12)17-14(18)13-8-16-5-6-19-13/h3-4,7,9,13,16H,5-6,8H2,1-2H3. The van der Waals surface area contributed by atoms with Crippen molar-refractivity contribution < 1.29 is 4.74 Å². The van der Waals surface area contributed by atoms with Gasteiger partial charge in [0.25, 0.3) is 0 Å². The average Bonchev–Trinajstić information content (AvgIpc) is 2.78. The van der Waals surface area contributed by atoms with Crippen molar-refractivity contribution in [3.8, 4) is 0 Å². The van der Waals surface area contributed by atoms with E-state index in [-0.39, 0.29) is 6.10 Å². The van der Waals surface area contributed by atoms with Crippen LogP contribution in [0.1, 0.15) is 31.8 Å². The summed E-state index contributed by atoms with van der Waals surface area (Å²) in [5.41, 5.74) is 2.19. The monoisotopic (exact) mass is 323 g/mol. The van der Waals surface area contributed by atoms with Crippen molar-refractivity contribution in [2.24, 2.45) is 0 Å². The zero-order valence-electron chi connectivity index (χ0n) is 11.2. The molecule has 0 aliphatic carbocycles. The molecule has 0 radical (unpaired) electrons. The van der Waals surface area contributed by atoms with E-state index in [2.05, 4.69) is 57.9 Å². The summed E-state index contributed by atoms with van der Waals surface area (Å²) in [5, 5.41) is 3.37. The number of nitrogens with zero attached hydrogens (tertiary/aromatic N) is 2. The number of hydrogen-bond acceptors (Lipinski definition) is 3. The summed E-state index contributed by atoms with van der Waals surface area (Å²) >= 11 is 3.51. The van der Waals surface area contributed by atoms with Crippen LogP contribution in [0, 0.1) is 0 Å². The van der Waals surface area contributed by atoms with E-state index < -0.39 is 0 Å². The van der Waals surface area contributed by atoms with Crippen molar-refractivity contribution in [2.45, 2.75) is 26.0 Å². The van der Waals surface area contributed by atoms with Crippen LogP contribution in [-0.2, 0) is 4.74 Å². The number of nitrogens with one attached hydrogen (secondary N) is 1. The molecule has 0 bridgehead atoms. The Labute approximate surface area is 121 Å². The molecule has 0 saturated carbocycles. The first kappa shape index (κ1) is 13.1. The van der Waals surface area contributed by atoms with Crippen LogP contribution in [0.4, 0.5) is 0 Å². The predicted octanol–water partition coefficient (Wildman–Crippen LogP) is 3.04. The molecule has 1 aromatic carbocycles. The van der Waals surface area contributed by atoms with Crippen LogP contribution >= 0.6 is 15.9 Å². The largest absolute Gasteiger partial charge is 0.368 e. The molecule has 1 fully saturated rings. The smallest absolute Gasteiger partial charge is 0.140 e. The minimum absolute atomic E-state index is 0.0438. The van der Waals surface area contributed by atoms with E-state index in [9.17, 15) is 0 Å². The van der Waals surface area contributed by atoms with Crippen molar-refractivity contribution in [3.05, 3.63) is 28.5 Å². The molecule has 1 unspecified atom stereocenters. The third kappa shape index (κ3) is 2.42. The first-order valence-corrected chi connectivity index (χ1v) is 7.46. The van der Waals surface area contributed by atoms with Gasteiger partial charge in [-0.05, 0) is 32.0 Å². The van der Waals surface area contributed by atoms with Crippen LogP contribution in [-0.4, -0.2) is 29.2 Å². The summed E-state index contributed by atoms with van der Waals surface area (Å²) in [5.74, 6) is 1.02. The van der Waals surface area contributed by atoms with Crippen LogP contribution in [0.5, 0.6) is 0 Å². The molecule has 3 rings (SSSR count). The number of fused-ring (bicyclic) bond motifs is 1. The minimum Gasteiger partial charge on any atom is -0.368 e. The number of imidazole rings is 1. The highest BCUT2D eigenvalue weighted by atomic mass is 79.9. The number of morpholine rings is 1. The maximum absolute atomic E-state index is 5.86. The second-order valence-electron chi connectivity index (χ2n) is 5.13. The van der Waals surface area contributed by atoms with Gasteiger partial charge in [-0.15, -0.1) is 0 Å². The van der Waals surface area contributed by atoms with E-state index in [0.717, 1.165) is 35.5 Å². The quantitative estimate of drug-likeness (QED) is 0.923. The highest BCUT2D eigenvalue weighted by molar-refractivity contribution is 9.10. The number of benzene rings is 1. The highest BCUT2D eigenvalue weighted by Crippen LogP contribution is 2.28. The van der Waals surface area contributed by atoms with Gasteiger partial charge in [-0.3, -0.25) is 0 Å². The fraction of sp³-hybridized carbons (Fsp3) is 0.500. The Kier molecular flexibility index (Phi) is 3.60. The van der Waals surface area contributed by atoms with E-state index in [1.807, 2.05) is 0 Å². The Morgan fingerprint density at radius 2 is 2.32 bits per heavy atom. The van der Waals surface area contributed by atoms with Gasteiger partial charge in [-0.2, -0.15) is 0 Å². The molecule has 1 atom stereocenters. The van der Waals surface area contributed by atoms with Crippen molar-refractivity contribution in [2.75, 3.05) is 19.7 Å². The zero-order chi connectivity index (χ0) is 13.4. The topological polar surface area (TPSA) is 39.1 Å². The fourth-order valence-electron chi connectivity index (χ4n) is 2.59. The normalized spacial score (nSPS) is 20.3. The fourth-order valence-corrected chi connectivity index (χ4v) is 2.94. The van der Waals surface area contributed by atoms with Gasteiger partial charge in [0.2, 0.25) is 0 Å². The molecule has 2 heterocycles. The summed E-state index contributed by atoms with van der Waals surface area (Å²) in [4.78, 5) is 4.79. The van der Waals surface area contributed by atoms with Gasteiger partial charge < -0.3 is 14.6 Å². The third-order valence-corrected chi connectivity index (χ3v) is 3.90. The number of ether oxygens (including phenoxy) is 1. The second kappa shape index (κ2) is 5.23. The summed E-state index contributed by atoms with van der Waals surface area (Å²) < 4.78 is 9.19. The Hall–Kier alpha value is -0.910. The average molecular weight is 324 g/mol. The number of aromatic nitrogens is 2. The molecule has 1 aromatic heterocycles. The first-order valence-electron chi connectivity index (χ1n) is 6.66. The van der Waals surface area contributed by atoms with Crippen molar-refractivity contribution in [3.63, 3.8) is 0 Å². The van der Waals surface area contributed by atoms with Crippen LogP contribution in [0.3, 0.4) is 0 Å². The lowest BCUT2D eigenvalue weighted by Gasteiger charge is -2.25. The Morgan fingerprint density at radius 3 is 3.00 bits per heavy atom. The van der Waals surface area contributed by atoms with Crippen LogP contribution in [0.15, 0.2) is 22.7 Å². The molecule has 102 valence electrons. The third-order valence-electron chi connectivity index (χ3n) is 3.41. The lowest BCUT2D eigenvalue weighted by Crippen LogP contribution is -2.34. The van der Waals surface area contributed by atoms with E-state index in [4.69, 9.17) is 9.72 Å². The molecule has 2 aromatic rings. The van der Waals surface area contributed by atoms with Gasteiger partial charge in [0, 0.05) is 23.6 Å². The van der Waals surface area contributed by atoms with Crippen molar-refractivity contribution >= 4 is 27.0 Å². The number of halogens is 1. The van der Waals surface area contributed by atoms with E-state index in [1.54, 1.807) is 0 Å². The Balaban J connectivity index is 2.13. The molecule has 0 spiro atoms. The van der Waals surface area contributed by atoms with Gasteiger partial charge in [-0.25, -0.2) is 4.98 Å². The lowest BCUT2D eigenvalue weighted by atomic mass is 10.2. The summed E-state index contributed by atoms with van der Waals surface area (Å²) in [6.45, 7) is 6.86. The zero-order valence-corrected chi connectivity index (χ0v) is 12.8. The molecule has 4 nitrogen and oxygen atoms in total. The van der Waals surface area contributed by atoms with Gasteiger partial charge in [0.15, 0.2) is 0 Å². The predicted molar refractivity (Wildman–Crippen MR) is 79.4 cm³/mol. The number of hydrogen-bond donors (Lipinski definition) is 1. The summed E-state index contributed by atoms with van der Waals surface area (Å²) in [6, 6.07) is 6.61. The first-order chi connectivity index (χ1) is 9.16. The van der Waals surface area contributed by atoms with Gasteiger partial charge in [-0.1, -0.05) is 15.9 Å². The van der Waals surface area contributed by atoms with Gasteiger partial charge >= 0.3 is 0 Å². The van der Waals surface area contributed by atoms with Crippen LogP contribution in [0.2, 0.25) is 0 Å². The Morgan fingerprint density at radius 1 is 1.47 bits per heavy atom. The molecule has 1 saturated heterocycles. The Bertz CT molecular complexity index is 588. The van der Waals surface area contributed by atoms with E-state index in [1.165, 1.54) is 5.52 Å². The maximum atomic E-state index is 5.86. The molecule has 1 N–H and O–H groups in total. The van der Waals surface area contributed by atoms with Gasteiger partial charge in [0.1, 0.15) is 11.9 Å². The molecular weight excluding hydrogens is 306 g/mol. The van der Waals surface area contributed by atoms with Crippen molar-refractivity contribution in [1.29, 1.82) is 0 Å². The molecule has 5 heteroatoms. The molecule has 1 aliphatic rings. The summed E-state index contributed by atoms with van der Waals surface area (Å²) in [6.07, 6.45) is 0.0438. The molecule has 19 heavy (non-hydrogen) atoms. The molecular formula is C14H18BrN3O. The SMILES string of the molecule is CC(C)n1c(C2CNCCO2)nc2cc(Br)ccc21. The highest BCUT2D eigenvalue weighted by Gasteiger charge is 2.24. The summed E-state index contributed by atoms with van der Waals surface area (Å²) in [7, 11) is 0. The molecule has 1 aliphatic heterocycles. The lowest BCUT2D eigenvalue weighted by molar-refractivity contribution is 0.0197. The molecule has 0 amide bonds. The van der Waals surface area contributed by atoms with E-state index >= 15 is 0 Å². The van der Waals surface area contributed by atoms with Crippen LogP contribution in [0.25, 0.3) is 11.0 Å². The number of rotatable bonds is 2. The second-order valence-corrected chi connectivity index (χ2v) is 6.05. The van der Waals surface area contributed by atoms with E-state index in [0.29, 0.717) is 6.04 Å². The van der Waals surface area contributed by atoms with Gasteiger partial charge in [0.05, 0.1) is 17.6 Å². The van der Waals surface area contributed by atoms with Crippen LogP contribution < -0.4 is 5.32 Å². The maximum Gasteiger partial charge on any atom is 0.140 e. The minimum atomic E-state index is 0.0438.